The van der Waals surface area contributed by atoms with Crippen molar-refractivity contribution < 1.29 is 4.79 Å². The molecule has 0 N–H and O–H groups in total. The van der Waals surface area contributed by atoms with E-state index in [2.05, 4.69) is 0 Å². The zero-order valence-electron chi connectivity index (χ0n) is 7.75. The number of hydrogen-bond acceptors (Lipinski definition) is 1. The molecule has 0 aliphatic heterocycles. The van der Waals surface area contributed by atoms with Crippen LogP contribution in [0, 0.1) is 0 Å². The largest absolute Gasteiger partial charge is 0.300 e. The second-order valence-corrected chi connectivity index (χ2v) is 4.76. The standard InChI is InChI=1S/C11H12Cl2O/c12-11(13,9-14)8-4-7-10-5-2-1-3-6-10/h1-3,5-6,9H,4,7-8H2. The molecule has 0 heterocycles. The number of carbonyl (C=O) groups is 1. The maximum absolute atomic E-state index is 10.4. The maximum atomic E-state index is 10.4. The molecule has 3 heteroatoms. The third-order valence-electron chi connectivity index (χ3n) is 1.99. The predicted octanol–water partition coefficient (Wildman–Crippen LogP) is 3.38. The van der Waals surface area contributed by atoms with Crippen molar-refractivity contribution in [2.75, 3.05) is 0 Å². The van der Waals surface area contributed by atoms with Gasteiger partial charge >= 0.3 is 0 Å². The molecule has 1 nitrogen and oxygen atoms in total. The molecule has 0 unspecified atom stereocenters. The molecular formula is C11H12Cl2O. The summed E-state index contributed by atoms with van der Waals surface area (Å²) in [7, 11) is 0. The number of carbonyl (C=O) groups excluding carboxylic acids is 1. The zero-order chi connectivity index (χ0) is 10.4. The summed E-state index contributed by atoms with van der Waals surface area (Å²) >= 11 is 11.4. The molecule has 76 valence electrons. The van der Waals surface area contributed by atoms with Gasteiger partial charge in [0.05, 0.1) is 0 Å². The summed E-state index contributed by atoms with van der Waals surface area (Å²) in [6.07, 6.45) is 2.79. The van der Waals surface area contributed by atoms with Gasteiger partial charge in [0.2, 0.25) is 0 Å². The second-order valence-electron chi connectivity index (χ2n) is 3.22. The van der Waals surface area contributed by atoms with Gasteiger partial charge in [-0.2, -0.15) is 0 Å². The van der Waals surface area contributed by atoms with E-state index in [1.165, 1.54) is 5.56 Å². The lowest BCUT2D eigenvalue weighted by Gasteiger charge is -2.10. The molecule has 0 aliphatic rings. The van der Waals surface area contributed by atoms with E-state index in [4.69, 9.17) is 23.2 Å². The van der Waals surface area contributed by atoms with Crippen molar-refractivity contribution >= 4 is 29.5 Å². The molecule has 0 amide bonds. The number of alkyl halides is 2. The van der Waals surface area contributed by atoms with E-state index in [0.717, 1.165) is 12.8 Å². The Bertz CT molecular complexity index is 283. The lowest BCUT2D eigenvalue weighted by molar-refractivity contribution is -0.108. The Morgan fingerprint density at radius 3 is 2.43 bits per heavy atom. The second kappa shape index (κ2) is 5.38. The topological polar surface area (TPSA) is 17.1 Å². The van der Waals surface area contributed by atoms with Crippen LogP contribution in [-0.2, 0) is 11.2 Å². The third kappa shape index (κ3) is 4.12. The van der Waals surface area contributed by atoms with Gasteiger partial charge in [0.1, 0.15) is 0 Å². The number of rotatable bonds is 5. The molecule has 0 bridgehead atoms. The van der Waals surface area contributed by atoms with Gasteiger partial charge in [0.15, 0.2) is 10.6 Å². The molecule has 14 heavy (non-hydrogen) atoms. The highest BCUT2D eigenvalue weighted by Gasteiger charge is 2.21. The summed E-state index contributed by atoms with van der Waals surface area (Å²) in [6, 6.07) is 10.0. The van der Waals surface area contributed by atoms with Crippen molar-refractivity contribution in [3.05, 3.63) is 35.9 Å². The Labute approximate surface area is 94.0 Å². The van der Waals surface area contributed by atoms with Gasteiger partial charge in [-0.1, -0.05) is 53.5 Å². The van der Waals surface area contributed by atoms with Crippen LogP contribution >= 0.6 is 23.2 Å². The summed E-state index contributed by atoms with van der Waals surface area (Å²) < 4.78 is -1.21. The Hall–Kier alpha value is -0.530. The summed E-state index contributed by atoms with van der Waals surface area (Å²) in [5, 5.41) is 0. The highest BCUT2D eigenvalue weighted by molar-refractivity contribution is 6.55. The Morgan fingerprint density at radius 1 is 1.21 bits per heavy atom. The van der Waals surface area contributed by atoms with Crippen molar-refractivity contribution in [1.29, 1.82) is 0 Å². The molecule has 0 spiro atoms. The monoisotopic (exact) mass is 230 g/mol. The van der Waals surface area contributed by atoms with Crippen LogP contribution in [0.3, 0.4) is 0 Å². The van der Waals surface area contributed by atoms with Crippen LogP contribution < -0.4 is 0 Å². The van der Waals surface area contributed by atoms with Crippen molar-refractivity contribution in [3.8, 4) is 0 Å². The van der Waals surface area contributed by atoms with Crippen LogP contribution in [0.25, 0.3) is 0 Å². The molecule has 1 aromatic rings. The molecule has 0 saturated heterocycles. The Balaban J connectivity index is 2.32. The van der Waals surface area contributed by atoms with Crippen molar-refractivity contribution in [1.82, 2.24) is 0 Å². The van der Waals surface area contributed by atoms with Crippen molar-refractivity contribution in [2.24, 2.45) is 0 Å². The number of aldehydes is 1. The minimum atomic E-state index is -1.21. The smallest absolute Gasteiger partial charge is 0.172 e. The minimum Gasteiger partial charge on any atom is -0.300 e. The molecule has 1 aromatic carbocycles. The van der Waals surface area contributed by atoms with E-state index in [1.54, 1.807) is 0 Å². The van der Waals surface area contributed by atoms with Crippen molar-refractivity contribution in [3.63, 3.8) is 0 Å². The lowest BCUT2D eigenvalue weighted by atomic mass is 10.1. The number of benzene rings is 1. The SMILES string of the molecule is O=CC(Cl)(Cl)CCCc1ccccc1. The van der Waals surface area contributed by atoms with E-state index in [9.17, 15) is 4.79 Å². The summed E-state index contributed by atoms with van der Waals surface area (Å²) in [6.45, 7) is 0. The first-order valence-electron chi connectivity index (χ1n) is 4.52. The molecule has 0 fully saturated rings. The van der Waals surface area contributed by atoms with Gasteiger partial charge in [-0.25, -0.2) is 0 Å². The van der Waals surface area contributed by atoms with Crippen LogP contribution in [0.4, 0.5) is 0 Å². The van der Waals surface area contributed by atoms with Crippen LogP contribution in [0.1, 0.15) is 18.4 Å². The van der Waals surface area contributed by atoms with Gasteiger partial charge in [0, 0.05) is 0 Å². The average molecular weight is 231 g/mol. The minimum absolute atomic E-state index is 0.495. The molecule has 0 saturated carbocycles. The van der Waals surface area contributed by atoms with Crippen LogP contribution in [-0.4, -0.2) is 10.6 Å². The van der Waals surface area contributed by atoms with E-state index in [-0.39, 0.29) is 0 Å². The fourth-order valence-corrected chi connectivity index (χ4v) is 1.50. The number of aryl methyl sites for hydroxylation is 1. The first kappa shape index (κ1) is 11.5. The zero-order valence-corrected chi connectivity index (χ0v) is 9.26. The van der Waals surface area contributed by atoms with E-state index >= 15 is 0 Å². The highest BCUT2D eigenvalue weighted by atomic mass is 35.5. The van der Waals surface area contributed by atoms with Gasteiger partial charge in [-0.15, -0.1) is 0 Å². The van der Waals surface area contributed by atoms with E-state index in [0.29, 0.717) is 12.7 Å². The molecule has 1 rings (SSSR count). The van der Waals surface area contributed by atoms with E-state index in [1.807, 2.05) is 30.3 Å². The predicted molar refractivity (Wildman–Crippen MR) is 59.9 cm³/mol. The quantitative estimate of drug-likeness (QED) is 0.560. The Morgan fingerprint density at radius 2 is 1.86 bits per heavy atom. The summed E-state index contributed by atoms with van der Waals surface area (Å²) in [4.78, 5) is 10.4. The van der Waals surface area contributed by atoms with Gasteiger partial charge in [-0.05, 0) is 24.8 Å². The van der Waals surface area contributed by atoms with Gasteiger partial charge in [0.25, 0.3) is 0 Å². The first-order chi connectivity index (χ1) is 6.64. The lowest BCUT2D eigenvalue weighted by Crippen LogP contribution is -2.14. The molecule has 0 aromatic heterocycles. The average Bonchev–Trinajstić information content (AvgIpc) is 2.19. The normalized spacial score (nSPS) is 11.3. The summed E-state index contributed by atoms with van der Waals surface area (Å²) in [5.74, 6) is 0. The number of hydrogen-bond donors (Lipinski definition) is 0. The fourth-order valence-electron chi connectivity index (χ4n) is 1.23. The van der Waals surface area contributed by atoms with Gasteiger partial charge in [-0.3, -0.25) is 0 Å². The molecule has 0 radical (unpaired) electrons. The van der Waals surface area contributed by atoms with Crippen LogP contribution in [0.5, 0.6) is 0 Å². The van der Waals surface area contributed by atoms with Crippen molar-refractivity contribution in [2.45, 2.75) is 23.6 Å². The van der Waals surface area contributed by atoms with E-state index < -0.39 is 4.33 Å². The number of halogens is 2. The maximum Gasteiger partial charge on any atom is 0.172 e. The van der Waals surface area contributed by atoms with Gasteiger partial charge < -0.3 is 4.79 Å². The van der Waals surface area contributed by atoms with Crippen LogP contribution in [0.2, 0.25) is 0 Å². The first-order valence-corrected chi connectivity index (χ1v) is 5.28. The highest BCUT2D eigenvalue weighted by Crippen LogP contribution is 2.24. The summed E-state index contributed by atoms with van der Waals surface area (Å²) in [5.41, 5.74) is 1.24. The fraction of sp³-hybridized carbons (Fsp3) is 0.364. The molecular weight excluding hydrogens is 219 g/mol. The van der Waals surface area contributed by atoms with Crippen LogP contribution in [0.15, 0.2) is 30.3 Å². The molecule has 0 aliphatic carbocycles. The molecule has 0 atom stereocenters. The Kier molecular flexibility index (Phi) is 4.43. The third-order valence-corrected chi connectivity index (χ3v) is 2.55.